The number of carboxylic acids is 1. The van der Waals surface area contributed by atoms with Gasteiger partial charge in [0.25, 0.3) is 0 Å². The Bertz CT molecular complexity index is 490. The van der Waals surface area contributed by atoms with Gasteiger partial charge in [-0.2, -0.15) is 0 Å². The van der Waals surface area contributed by atoms with Crippen LogP contribution >= 0.6 is 0 Å². The van der Waals surface area contributed by atoms with Crippen LogP contribution in [0.15, 0.2) is 30.3 Å². The third-order valence-corrected chi connectivity index (χ3v) is 2.70. The van der Waals surface area contributed by atoms with E-state index in [0.29, 0.717) is 5.69 Å². The van der Waals surface area contributed by atoms with Crippen molar-refractivity contribution in [3.8, 4) is 0 Å². The number of anilines is 1. The second kappa shape index (κ2) is 7.25. The minimum absolute atomic E-state index is 0.185. The average molecular weight is 279 g/mol. The number of aliphatic carboxylic acids is 1. The molecule has 0 spiro atoms. The summed E-state index contributed by atoms with van der Waals surface area (Å²) in [4.78, 5) is 35.2. The number of imide groups is 1. The Labute approximate surface area is 116 Å². The van der Waals surface area contributed by atoms with Crippen molar-refractivity contribution >= 4 is 23.6 Å². The number of nitrogens with one attached hydrogen (secondary N) is 2. The Morgan fingerprint density at radius 1 is 1.25 bits per heavy atom. The van der Waals surface area contributed by atoms with E-state index in [0.717, 1.165) is 0 Å². The minimum atomic E-state index is -1.03. The fourth-order valence-electron chi connectivity index (χ4n) is 1.40. The maximum absolute atomic E-state index is 11.6. The zero-order chi connectivity index (χ0) is 15.1. The third kappa shape index (κ3) is 5.07. The number of hydrogen-bond acceptors (Lipinski definition) is 4. The number of urea groups is 1. The summed E-state index contributed by atoms with van der Waals surface area (Å²) in [6.07, 6.45) is 0. The summed E-state index contributed by atoms with van der Waals surface area (Å²) in [5.74, 6) is -1.61. The van der Waals surface area contributed by atoms with Crippen molar-refractivity contribution in [2.45, 2.75) is 13.0 Å². The molecule has 0 aliphatic heterocycles. The molecule has 0 saturated carbocycles. The molecule has 0 saturated heterocycles. The highest BCUT2D eigenvalue weighted by Gasteiger charge is 2.19. The normalized spacial score (nSPS) is 11.8. The van der Waals surface area contributed by atoms with Crippen molar-refractivity contribution in [1.29, 1.82) is 0 Å². The van der Waals surface area contributed by atoms with E-state index in [1.54, 1.807) is 30.3 Å². The second-order valence-electron chi connectivity index (χ2n) is 4.30. The molecule has 0 radical (unpaired) electrons. The van der Waals surface area contributed by atoms with E-state index in [1.807, 2.05) is 0 Å². The predicted molar refractivity (Wildman–Crippen MR) is 73.3 cm³/mol. The van der Waals surface area contributed by atoms with Crippen LogP contribution in [0.25, 0.3) is 0 Å². The van der Waals surface area contributed by atoms with Gasteiger partial charge in [0.15, 0.2) is 0 Å². The van der Waals surface area contributed by atoms with E-state index in [4.69, 9.17) is 5.11 Å². The van der Waals surface area contributed by atoms with Gasteiger partial charge in [0, 0.05) is 5.69 Å². The van der Waals surface area contributed by atoms with Crippen LogP contribution in [0.1, 0.15) is 6.92 Å². The standard InChI is InChI=1S/C13H17N3O4/c1-9(12(18)19)16(2)8-11(17)15-13(20)14-10-6-4-3-5-7-10/h3-7,9H,8H2,1-2H3,(H,18,19)(H2,14,15,17,20). The lowest BCUT2D eigenvalue weighted by molar-refractivity contribution is -0.142. The molecule has 1 unspecified atom stereocenters. The van der Waals surface area contributed by atoms with Crippen molar-refractivity contribution in [3.63, 3.8) is 0 Å². The van der Waals surface area contributed by atoms with E-state index in [1.165, 1.54) is 18.9 Å². The molecule has 0 heterocycles. The Morgan fingerprint density at radius 2 is 1.85 bits per heavy atom. The molecule has 3 amide bonds. The van der Waals surface area contributed by atoms with Crippen LogP contribution in [-0.4, -0.2) is 47.5 Å². The van der Waals surface area contributed by atoms with E-state index < -0.39 is 23.9 Å². The lowest BCUT2D eigenvalue weighted by Gasteiger charge is -2.20. The van der Waals surface area contributed by atoms with Crippen LogP contribution in [-0.2, 0) is 9.59 Å². The Kier molecular flexibility index (Phi) is 5.67. The highest BCUT2D eigenvalue weighted by atomic mass is 16.4. The van der Waals surface area contributed by atoms with Gasteiger partial charge < -0.3 is 10.4 Å². The molecule has 1 rings (SSSR count). The summed E-state index contributed by atoms with van der Waals surface area (Å²) in [6, 6.07) is 7.21. The van der Waals surface area contributed by atoms with Crippen molar-refractivity contribution in [2.75, 3.05) is 18.9 Å². The van der Waals surface area contributed by atoms with Crippen molar-refractivity contribution < 1.29 is 19.5 Å². The van der Waals surface area contributed by atoms with Gasteiger partial charge >= 0.3 is 12.0 Å². The Balaban J connectivity index is 2.42. The summed E-state index contributed by atoms with van der Waals surface area (Å²) < 4.78 is 0. The predicted octanol–water partition coefficient (Wildman–Crippen LogP) is 0.740. The van der Waals surface area contributed by atoms with E-state index in [2.05, 4.69) is 10.6 Å². The first-order valence-electron chi connectivity index (χ1n) is 5.99. The van der Waals surface area contributed by atoms with Crippen molar-refractivity contribution in [1.82, 2.24) is 10.2 Å². The molecule has 1 aromatic rings. The van der Waals surface area contributed by atoms with Crippen LogP contribution in [0.3, 0.4) is 0 Å². The molecule has 0 aliphatic carbocycles. The van der Waals surface area contributed by atoms with Gasteiger partial charge in [-0.3, -0.25) is 19.8 Å². The van der Waals surface area contributed by atoms with Crippen LogP contribution in [0, 0.1) is 0 Å². The number of para-hydroxylation sites is 1. The molecule has 0 bridgehead atoms. The molecule has 0 fully saturated rings. The zero-order valence-electron chi connectivity index (χ0n) is 11.3. The van der Waals surface area contributed by atoms with Crippen LogP contribution in [0.2, 0.25) is 0 Å². The Morgan fingerprint density at radius 3 is 2.40 bits per heavy atom. The number of nitrogens with zero attached hydrogens (tertiary/aromatic N) is 1. The fourth-order valence-corrected chi connectivity index (χ4v) is 1.40. The number of benzene rings is 1. The third-order valence-electron chi connectivity index (χ3n) is 2.70. The highest BCUT2D eigenvalue weighted by Crippen LogP contribution is 2.04. The summed E-state index contributed by atoms with van der Waals surface area (Å²) in [5, 5.41) is 13.4. The minimum Gasteiger partial charge on any atom is -0.480 e. The summed E-state index contributed by atoms with van der Waals surface area (Å²) >= 11 is 0. The molecule has 20 heavy (non-hydrogen) atoms. The molecule has 0 aliphatic rings. The number of carboxylic acid groups (broad SMARTS) is 1. The largest absolute Gasteiger partial charge is 0.480 e. The Hall–Kier alpha value is -2.41. The first-order chi connectivity index (χ1) is 9.40. The first-order valence-corrected chi connectivity index (χ1v) is 5.99. The summed E-state index contributed by atoms with van der Waals surface area (Å²) in [6.45, 7) is 1.27. The topological polar surface area (TPSA) is 98.7 Å². The maximum atomic E-state index is 11.6. The molecule has 7 nitrogen and oxygen atoms in total. The fraction of sp³-hybridized carbons (Fsp3) is 0.308. The average Bonchev–Trinajstić information content (AvgIpc) is 2.38. The number of amides is 3. The summed E-state index contributed by atoms with van der Waals surface area (Å²) in [5.41, 5.74) is 0.560. The number of rotatable bonds is 5. The number of hydrogen-bond donors (Lipinski definition) is 3. The lowest BCUT2D eigenvalue weighted by Crippen LogP contribution is -2.45. The first kappa shape index (κ1) is 15.6. The van der Waals surface area contributed by atoms with Gasteiger partial charge in [0.05, 0.1) is 6.54 Å². The molecule has 108 valence electrons. The smallest absolute Gasteiger partial charge is 0.325 e. The van der Waals surface area contributed by atoms with Crippen molar-refractivity contribution in [2.24, 2.45) is 0 Å². The quantitative estimate of drug-likeness (QED) is 0.738. The number of likely N-dealkylation sites (N-methyl/N-ethyl adjacent to an activating group) is 1. The monoisotopic (exact) mass is 279 g/mol. The van der Waals surface area contributed by atoms with Gasteiger partial charge in [0.2, 0.25) is 5.91 Å². The van der Waals surface area contributed by atoms with Gasteiger partial charge in [-0.05, 0) is 26.1 Å². The SMILES string of the molecule is CC(C(=O)O)N(C)CC(=O)NC(=O)Nc1ccccc1. The lowest BCUT2D eigenvalue weighted by atomic mass is 10.3. The van der Waals surface area contributed by atoms with E-state index >= 15 is 0 Å². The highest BCUT2D eigenvalue weighted by molar-refractivity contribution is 6.01. The van der Waals surface area contributed by atoms with E-state index in [-0.39, 0.29) is 6.54 Å². The number of carbonyl (C=O) groups is 3. The number of carbonyl (C=O) groups excluding carboxylic acids is 2. The maximum Gasteiger partial charge on any atom is 0.325 e. The molecule has 1 aromatic carbocycles. The van der Waals surface area contributed by atoms with Crippen LogP contribution in [0.5, 0.6) is 0 Å². The molecule has 1 atom stereocenters. The van der Waals surface area contributed by atoms with Crippen LogP contribution in [0.4, 0.5) is 10.5 Å². The van der Waals surface area contributed by atoms with Gasteiger partial charge in [-0.15, -0.1) is 0 Å². The van der Waals surface area contributed by atoms with Gasteiger partial charge in [0.1, 0.15) is 6.04 Å². The zero-order valence-corrected chi connectivity index (χ0v) is 11.3. The molecule has 3 N–H and O–H groups in total. The second-order valence-corrected chi connectivity index (χ2v) is 4.30. The molecular formula is C13H17N3O4. The molecule has 0 aromatic heterocycles. The van der Waals surface area contributed by atoms with Crippen LogP contribution < -0.4 is 10.6 Å². The van der Waals surface area contributed by atoms with Gasteiger partial charge in [-0.25, -0.2) is 4.79 Å². The summed E-state index contributed by atoms with van der Waals surface area (Å²) in [7, 11) is 1.49. The van der Waals surface area contributed by atoms with Crippen molar-refractivity contribution in [3.05, 3.63) is 30.3 Å². The van der Waals surface area contributed by atoms with E-state index in [9.17, 15) is 14.4 Å². The van der Waals surface area contributed by atoms with Gasteiger partial charge in [-0.1, -0.05) is 18.2 Å². The molecular weight excluding hydrogens is 262 g/mol. The molecule has 7 heteroatoms.